The van der Waals surface area contributed by atoms with E-state index in [4.69, 9.17) is 10.2 Å². The first kappa shape index (κ1) is 11.9. The van der Waals surface area contributed by atoms with Gasteiger partial charge in [0.2, 0.25) is 0 Å². The number of hydrogen-bond donors (Lipinski definition) is 3. The van der Waals surface area contributed by atoms with E-state index in [1.54, 1.807) is 6.92 Å². The highest BCUT2D eigenvalue weighted by molar-refractivity contribution is 4.63. The second-order valence-electron chi connectivity index (χ2n) is 3.37. The fourth-order valence-electron chi connectivity index (χ4n) is 1.18. The van der Waals surface area contributed by atoms with Gasteiger partial charge >= 0.3 is 0 Å². The minimum Gasteiger partial charge on any atom is -0.396 e. The Morgan fingerprint density at radius 3 is 2.42 bits per heavy atom. The number of aliphatic hydroxyl groups excluding tert-OH is 2. The first-order valence-corrected chi connectivity index (χ1v) is 4.69. The molecule has 0 spiro atoms. The van der Waals surface area contributed by atoms with Crippen LogP contribution in [0, 0.1) is 0 Å². The molecule has 3 nitrogen and oxygen atoms in total. The summed E-state index contributed by atoms with van der Waals surface area (Å²) in [6.07, 6.45) is 2.42. The molecule has 0 saturated carbocycles. The first-order chi connectivity index (χ1) is 5.66. The van der Waals surface area contributed by atoms with Crippen molar-refractivity contribution in [2.24, 2.45) is 0 Å². The summed E-state index contributed by atoms with van der Waals surface area (Å²) in [5.74, 6) is 0. The Bertz CT molecular complexity index is 96.5. The minimum atomic E-state index is -0.231. The van der Waals surface area contributed by atoms with Gasteiger partial charge in [-0.25, -0.2) is 0 Å². The van der Waals surface area contributed by atoms with E-state index in [-0.39, 0.29) is 12.7 Å². The lowest BCUT2D eigenvalue weighted by Crippen LogP contribution is -2.30. The minimum absolute atomic E-state index is 0.231. The van der Waals surface area contributed by atoms with Gasteiger partial charge in [0.05, 0.1) is 6.10 Å². The van der Waals surface area contributed by atoms with Gasteiger partial charge < -0.3 is 15.5 Å². The summed E-state index contributed by atoms with van der Waals surface area (Å²) in [6.45, 7) is 5.05. The lowest BCUT2D eigenvalue weighted by molar-refractivity contribution is 0.170. The summed E-state index contributed by atoms with van der Waals surface area (Å²) in [7, 11) is 0. The number of hydrogen-bond acceptors (Lipinski definition) is 3. The lowest BCUT2D eigenvalue weighted by Gasteiger charge is -2.14. The summed E-state index contributed by atoms with van der Waals surface area (Å²) in [6, 6.07) is 0.365. The van der Waals surface area contributed by atoms with Crippen molar-refractivity contribution in [3.05, 3.63) is 0 Å². The fraction of sp³-hybridized carbons (Fsp3) is 1.00. The standard InChI is InChI=1S/C9H21NO2/c1-8(7-9(2)12)10-5-3-4-6-11/h8-12H,3-7H2,1-2H3. The molecule has 2 unspecified atom stereocenters. The highest BCUT2D eigenvalue weighted by Crippen LogP contribution is 1.96. The maximum atomic E-state index is 9.05. The van der Waals surface area contributed by atoms with Crippen LogP contribution in [0.1, 0.15) is 33.1 Å². The summed E-state index contributed by atoms with van der Waals surface area (Å²) in [4.78, 5) is 0. The molecule has 2 atom stereocenters. The van der Waals surface area contributed by atoms with E-state index < -0.39 is 0 Å². The van der Waals surface area contributed by atoms with E-state index in [9.17, 15) is 0 Å². The van der Waals surface area contributed by atoms with E-state index in [1.165, 1.54) is 0 Å². The van der Waals surface area contributed by atoms with E-state index in [0.717, 1.165) is 25.8 Å². The molecule has 0 amide bonds. The van der Waals surface area contributed by atoms with Crippen molar-refractivity contribution >= 4 is 0 Å². The van der Waals surface area contributed by atoms with E-state index in [1.807, 2.05) is 0 Å². The van der Waals surface area contributed by atoms with E-state index in [2.05, 4.69) is 12.2 Å². The predicted octanol–water partition coefficient (Wildman–Crippen LogP) is 0.508. The van der Waals surface area contributed by atoms with Gasteiger partial charge in [-0.15, -0.1) is 0 Å². The van der Waals surface area contributed by atoms with Gasteiger partial charge in [-0.2, -0.15) is 0 Å². The molecule has 12 heavy (non-hydrogen) atoms. The maximum absolute atomic E-state index is 9.05. The Morgan fingerprint density at radius 2 is 1.92 bits per heavy atom. The summed E-state index contributed by atoms with van der Waals surface area (Å²) in [5, 5.41) is 20.8. The van der Waals surface area contributed by atoms with Gasteiger partial charge in [0.25, 0.3) is 0 Å². The lowest BCUT2D eigenvalue weighted by atomic mass is 10.1. The highest BCUT2D eigenvalue weighted by Gasteiger charge is 2.03. The van der Waals surface area contributed by atoms with Crippen molar-refractivity contribution in [2.75, 3.05) is 13.2 Å². The van der Waals surface area contributed by atoms with Gasteiger partial charge in [0, 0.05) is 12.6 Å². The van der Waals surface area contributed by atoms with Crippen LogP contribution in [0.15, 0.2) is 0 Å². The number of unbranched alkanes of at least 4 members (excludes halogenated alkanes) is 1. The van der Waals surface area contributed by atoms with Crippen LogP contribution in [0.5, 0.6) is 0 Å². The molecular weight excluding hydrogens is 154 g/mol. The second kappa shape index (κ2) is 7.53. The third-order valence-electron chi connectivity index (χ3n) is 1.77. The Hall–Kier alpha value is -0.120. The topological polar surface area (TPSA) is 52.5 Å². The van der Waals surface area contributed by atoms with Crippen LogP contribution in [-0.2, 0) is 0 Å². The third-order valence-corrected chi connectivity index (χ3v) is 1.77. The van der Waals surface area contributed by atoms with Crippen LogP contribution < -0.4 is 5.32 Å². The highest BCUT2D eigenvalue weighted by atomic mass is 16.3. The summed E-state index contributed by atoms with van der Waals surface area (Å²) >= 11 is 0. The normalized spacial score (nSPS) is 16.0. The molecule has 0 radical (unpaired) electrons. The Balaban J connectivity index is 3.14. The molecule has 0 heterocycles. The van der Waals surface area contributed by atoms with Crippen LogP contribution in [0.25, 0.3) is 0 Å². The van der Waals surface area contributed by atoms with Gasteiger partial charge in [0.15, 0.2) is 0 Å². The molecule has 0 aromatic heterocycles. The maximum Gasteiger partial charge on any atom is 0.0526 e. The Kier molecular flexibility index (Phi) is 7.45. The van der Waals surface area contributed by atoms with Gasteiger partial charge in [-0.3, -0.25) is 0 Å². The number of aliphatic hydroxyl groups is 2. The average Bonchev–Trinajstić information content (AvgIpc) is 1.97. The molecule has 74 valence electrons. The largest absolute Gasteiger partial charge is 0.396 e. The Morgan fingerprint density at radius 1 is 1.25 bits per heavy atom. The van der Waals surface area contributed by atoms with Crippen LogP contribution in [0.4, 0.5) is 0 Å². The van der Waals surface area contributed by atoms with Crippen molar-refractivity contribution in [1.82, 2.24) is 5.32 Å². The smallest absolute Gasteiger partial charge is 0.0526 e. The predicted molar refractivity (Wildman–Crippen MR) is 50.1 cm³/mol. The zero-order valence-corrected chi connectivity index (χ0v) is 8.08. The summed E-state index contributed by atoms with van der Waals surface area (Å²) in [5.41, 5.74) is 0. The molecular formula is C9H21NO2. The SMILES string of the molecule is CC(O)CC(C)NCCCCO. The van der Waals surface area contributed by atoms with Crippen molar-refractivity contribution < 1.29 is 10.2 Å². The van der Waals surface area contributed by atoms with Crippen molar-refractivity contribution in [2.45, 2.75) is 45.3 Å². The van der Waals surface area contributed by atoms with Crippen LogP contribution in [0.3, 0.4) is 0 Å². The van der Waals surface area contributed by atoms with Crippen LogP contribution >= 0.6 is 0 Å². The van der Waals surface area contributed by atoms with Crippen molar-refractivity contribution in [3.8, 4) is 0 Å². The molecule has 0 fully saturated rings. The van der Waals surface area contributed by atoms with Crippen molar-refractivity contribution in [1.29, 1.82) is 0 Å². The van der Waals surface area contributed by atoms with E-state index >= 15 is 0 Å². The zero-order valence-electron chi connectivity index (χ0n) is 8.08. The average molecular weight is 175 g/mol. The molecule has 3 heteroatoms. The molecule has 0 aliphatic rings. The molecule has 0 bridgehead atoms. The molecule has 0 saturated heterocycles. The molecule has 0 aromatic rings. The summed E-state index contributed by atoms with van der Waals surface area (Å²) < 4.78 is 0. The molecule has 0 aromatic carbocycles. The van der Waals surface area contributed by atoms with E-state index in [0.29, 0.717) is 6.04 Å². The van der Waals surface area contributed by atoms with Gasteiger partial charge in [-0.1, -0.05) is 0 Å². The number of rotatable bonds is 7. The molecule has 0 aliphatic carbocycles. The number of nitrogens with one attached hydrogen (secondary N) is 1. The monoisotopic (exact) mass is 175 g/mol. The van der Waals surface area contributed by atoms with Crippen molar-refractivity contribution in [3.63, 3.8) is 0 Å². The van der Waals surface area contributed by atoms with Gasteiger partial charge in [-0.05, 0) is 39.7 Å². The third kappa shape index (κ3) is 7.98. The van der Waals surface area contributed by atoms with Crippen LogP contribution in [-0.4, -0.2) is 35.5 Å². The fourth-order valence-corrected chi connectivity index (χ4v) is 1.18. The first-order valence-electron chi connectivity index (χ1n) is 4.69. The van der Waals surface area contributed by atoms with Crippen LogP contribution in [0.2, 0.25) is 0 Å². The molecule has 0 rings (SSSR count). The van der Waals surface area contributed by atoms with Gasteiger partial charge in [0.1, 0.15) is 0 Å². The zero-order chi connectivity index (χ0) is 9.40. The molecule has 3 N–H and O–H groups in total. The molecule has 0 aliphatic heterocycles. The Labute approximate surface area is 74.8 Å². The second-order valence-corrected chi connectivity index (χ2v) is 3.37. The quantitative estimate of drug-likeness (QED) is 0.494.